The fourth-order valence-corrected chi connectivity index (χ4v) is 2.67. The molecule has 1 N–H and O–H groups in total. The maximum absolute atomic E-state index is 5.39. The number of nitrogens with one attached hydrogen (secondary N) is 1. The van der Waals surface area contributed by atoms with Crippen LogP contribution in [0.25, 0.3) is 0 Å². The summed E-state index contributed by atoms with van der Waals surface area (Å²) in [7, 11) is 5.10. The third-order valence-electron chi connectivity index (χ3n) is 3.88. The number of fused-ring (bicyclic) bond motifs is 1. The van der Waals surface area contributed by atoms with E-state index in [1.165, 1.54) is 11.1 Å². The number of methoxy groups -OCH3 is 3. The first-order chi connectivity index (χ1) is 10.3. The number of hydrogen-bond donors (Lipinski definition) is 1. The molecule has 21 heavy (non-hydrogen) atoms. The van der Waals surface area contributed by atoms with Gasteiger partial charge in [0.05, 0.1) is 20.8 Å². The van der Waals surface area contributed by atoms with Gasteiger partial charge in [0.25, 0.3) is 0 Å². The molecule has 0 spiro atoms. The van der Waals surface area contributed by atoms with Crippen molar-refractivity contribution in [1.29, 1.82) is 0 Å². The Morgan fingerprint density at radius 2 is 1.76 bits per heavy atom. The van der Waals surface area contributed by atoms with Gasteiger partial charge in [-0.05, 0) is 29.7 Å². The quantitative estimate of drug-likeness (QED) is 0.732. The standard InChI is InChI=1S/C16H26N2O3/c1-19-9-6-17-5-8-18-7-4-13-10-15(20-2)16(21-3)11-14(13)12-18/h10-11,17H,4-9,12H2,1-3H3. The summed E-state index contributed by atoms with van der Waals surface area (Å²) < 4.78 is 15.8. The molecule has 1 aromatic carbocycles. The van der Waals surface area contributed by atoms with Crippen LogP contribution in [-0.4, -0.2) is 59.0 Å². The molecular formula is C16H26N2O3. The minimum Gasteiger partial charge on any atom is -0.493 e. The molecule has 1 aliphatic heterocycles. The highest BCUT2D eigenvalue weighted by molar-refractivity contribution is 5.48. The minimum atomic E-state index is 0.764. The molecule has 0 saturated carbocycles. The predicted octanol–water partition coefficient (Wildman–Crippen LogP) is 1.30. The molecule has 0 bridgehead atoms. The second-order valence-corrected chi connectivity index (χ2v) is 5.24. The van der Waals surface area contributed by atoms with Crippen molar-refractivity contribution in [2.45, 2.75) is 13.0 Å². The van der Waals surface area contributed by atoms with Crippen LogP contribution in [0.3, 0.4) is 0 Å². The van der Waals surface area contributed by atoms with Crippen LogP contribution in [0.1, 0.15) is 11.1 Å². The second kappa shape index (κ2) is 8.22. The van der Waals surface area contributed by atoms with E-state index in [-0.39, 0.29) is 0 Å². The fraction of sp³-hybridized carbons (Fsp3) is 0.625. The molecule has 0 aliphatic carbocycles. The van der Waals surface area contributed by atoms with Crippen LogP contribution < -0.4 is 14.8 Å². The lowest BCUT2D eigenvalue weighted by molar-refractivity contribution is 0.195. The first-order valence-corrected chi connectivity index (χ1v) is 7.44. The molecule has 0 saturated heterocycles. The van der Waals surface area contributed by atoms with Crippen LogP contribution in [0.15, 0.2) is 12.1 Å². The summed E-state index contributed by atoms with van der Waals surface area (Å²) in [6.07, 6.45) is 1.06. The van der Waals surface area contributed by atoms with Gasteiger partial charge in [-0.2, -0.15) is 0 Å². The van der Waals surface area contributed by atoms with Crippen LogP contribution >= 0.6 is 0 Å². The monoisotopic (exact) mass is 294 g/mol. The van der Waals surface area contributed by atoms with Crippen molar-refractivity contribution in [1.82, 2.24) is 10.2 Å². The Morgan fingerprint density at radius 3 is 2.43 bits per heavy atom. The molecule has 0 atom stereocenters. The van der Waals surface area contributed by atoms with E-state index < -0.39 is 0 Å². The maximum atomic E-state index is 5.39. The molecule has 0 aromatic heterocycles. The zero-order valence-electron chi connectivity index (χ0n) is 13.3. The van der Waals surface area contributed by atoms with E-state index in [9.17, 15) is 0 Å². The third-order valence-corrected chi connectivity index (χ3v) is 3.88. The molecule has 2 rings (SSSR count). The Kier molecular flexibility index (Phi) is 6.29. The van der Waals surface area contributed by atoms with E-state index in [0.29, 0.717) is 0 Å². The van der Waals surface area contributed by atoms with Crippen molar-refractivity contribution in [3.8, 4) is 11.5 Å². The van der Waals surface area contributed by atoms with Crippen LogP contribution in [0.5, 0.6) is 11.5 Å². The number of hydrogen-bond acceptors (Lipinski definition) is 5. The molecule has 0 fully saturated rings. The maximum Gasteiger partial charge on any atom is 0.161 e. The van der Waals surface area contributed by atoms with E-state index >= 15 is 0 Å². The molecule has 0 amide bonds. The van der Waals surface area contributed by atoms with E-state index in [4.69, 9.17) is 14.2 Å². The highest BCUT2D eigenvalue weighted by Crippen LogP contribution is 2.33. The highest BCUT2D eigenvalue weighted by atomic mass is 16.5. The Morgan fingerprint density at radius 1 is 1.05 bits per heavy atom. The number of rotatable bonds is 8. The van der Waals surface area contributed by atoms with Gasteiger partial charge in [-0.25, -0.2) is 0 Å². The molecule has 1 aliphatic rings. The lowest BCUT2D eigenvalue weighted by Gasteiger charge is -2.29. The molecule has 1 heterocycles. The van der Waals surface area contributed by atoms with Gasteiger partial charge in [0.15, 0.2) is 11.5 Å². The first kappa shape index (κ1) is 16.1. The van der Waals surface area contributed by atoms with Crippen molar-refractivity contribution < 1.29 is 14.2 Å². The number of benzene rings is 1. The van der Waals surface area contributed by atoms with Gasteiger partial charge in [0, 0.05) is 39.8 Å². The predicted molar refractivity (Wildman–Crippen MR) is 83.3 cm³/mol. The molecule has 5 nitrogen and oxygen atoms in total. The Bertz CT molecular complexity index is 451. The summed E-state index contributed by atoms with van der Waals surface area (Å²) in [5, 5.41) is 3.39. The van der Waals surface area contributed by atoms with Crippen LogP contribution in [0.2, 0.25) is 0 Å². The van der Waals surface area contributed by atoms with E-state index in [1.54, 1.807) is 21.3 Å². The second-order valence-electron chi connectivity index (χ2n) is 5.24. The van der Waals surface area contributed by atoms with E-state index in [1.807, 2.05) is 0 Å². The molecule has 118 valence electrons. The first-order valence-electron chi connectivity index (χ1n) is 7.44. The Balaban J connectivity index is 1.90. The lowest BCUT2D eigenvalue weighted by Crippen LogP contribution is -2.36. The molecule has 1 aromatic rings. The van der Waals surface area contributed by atoms with Gasteiger partial charge in [0.2, 0.25) is 0 Å². The molecular weight excluding hydrogens is 268 g/mol. The minimum absolute atomic E-state index is 0.764. The van der Waals surface area contributed by atoms with Gasteiger partial charge < -0.3 is 19.5 Å². The van der Waals surface area contributed by atoms with Crippen molar-refractivity contribution in [3.63, 3.8) is 0 Å². The van der Waals surface area contributed by atoms with Crippen LogP contribution in [0.4, 0.5) is 0 Å². The van der Waals surface area contributed by atoms with Crippen molar-refractivity contribution >= 4 is 0 Å². The van der Waals surface area contributed by atoms with Crippen molar-refractivity contribution in [2.75, 3.05) is 54.1 Å². The van der Waals surface area contributed by atoms with Crippen LogP contribution in [0, 0.1) is 0 Å². The largest absolute Gasteiger partial charge is 0.493 e. The van der Waals surface area contributed by atoms with Crippen LogP contribution in [-0.2, 0) is 17.7 Å². The van der Waals surface area contributed by atoms with Gasteiger partial charge in [-0.15, -0.1) is 0 Å². The third kappa shape index (κ3) is 4.33. The fourth-order valence-electron chi connectivity index (χ4n) is 2.67. The summed E-state index contributed by atoms with van der Waals surface area (Å²) in [5.41, 5.74) is 2.71. The lowest BCUT2D eigenvalue weighted by atomic mass is 9.99. The zero-order valence-corrected chi connectivity index (χ0v) is 13.3. The van der Waals surface area contributed by atoms with Gasteiger partial charge in [-0.1, -0.05) is 0 Å². The summed E-state index contributed by atoms with van der Waals surface area (Å²) in [4.78, 5) is 2.47. The summed E-state index contributed by atoms with van der Waals surface area (Å²) in [5.74, 6) is 1.64. The SMILES string of the molecule is COCCNCCN1CCc2cc(OC)c(OC)cc2C1. The topological polar surface area (TPSA) is 43.0 Å². The zero-order chi connectivity index (χ0) is 15.1. The van der Waals surface area contributed by atoms with Gasteiger partial charge >= 0.3 is 0 Å². The average molecular weight is 294 g/mol. The average Bonchev–Trinajstić information content (AvgIpc) is 2.53. The van der Waals surface area contributed by atoms with Crippen molar-refractivity contribution in [2.24, 2.45) is 0 Å². The highest BCUT2D eigenvalue weighted by Gasteiger charge is 2.18. The van der Waals surface area contributed by atoms with Gasteiger partial charge in [0.1, 0.15) is 0 Å². The normalized spacial score (nSPS) is 14.8. The smallest absolute Gasteiger partial charge is 0.161 e. The Labute approximate surface area is 127 Å². The summed E-state index contributed by atoms with van der Waals surface area (Å²) in [6, 6.07) is 4.22. The van der Waals surface area contributed by atoms with E-state index in [0.717, 1.165) is 57.3 Å². The summed E-state index contributed by atoms with van der Waals surface area (Å²) >= 11 is 0. The molecule has 5 heteroatoms. The Hall–Kier alpha value is -1.30. The molecule has 0 radical (unpaired) electrons. The number of nitrogens with zero attached hydrogens (tertiary/aromatic N) is 1. The van der Waals surface area contributed by atoms with E-state index in [2.05, 4.69) is 22.3 Å². The van der Waals surface area contributed by atoms with Crippen molar-refractivity contribution in [3.05, 3.63) is 23.3 Å². The number of ether oxygens (including phenoxy) is 3. The van der Waals surface area contributed by atoms with Gasteiger partial charge in [-0.3, -0.25) is 4.90 Å². The molecule has 0 unspecified atom stereocenters. The summed E-state index contributed by atoms with van der Waals surface area (Å²) in [6.45, 7) is 5.78.